The van der Waals surface area contributed by atoms with Crippen molar-refractivity contribution in [3.05, 3.63) is 77.9 Å². The van der Waals surface area contributed by atoms with Crippen LogP contribution in [0.5, 0.6) is 0 Å². The smallest absolute Gasteiger partial charge is 0.411 e. The molecule has 3 N–H and O–H groups in total. The fourth-order valence-corrected chi connectivity index (χ4v) is 3.84. The van der Waals surface area contributed by atoms with Gasteiger partial charge in [0, 0.05) is 18.4 Å². The Labute approximate surface area is 210 Å². The summed E-state index contributed by atoms with van der Waals surface area (Å²) in [5, 5.41) is 23.7. The van der Waals surface area contributed by atoms with Gasteiger partial charge in [-0.3, -0.25) is 20.1 Å². The molecule has 190 valence electrons. The zero-order valence-electron chi connectivity index (χ0n) is 20.2. The van der Waals surface area contributed by atoms with Gasteiger partial charge in [0.2, 0.25) is 5.91 Å². The maximum absolute atomic E-state index is 12.3. The van der Waals surface area contributed by atoms with Crippen molar-refractivity contribution in [2.24, 2.45) is 0 Å². The minimum Gasteiger partial charge on any atom is -0.481 e. The number of rotatable bonds is 13. The first-order valence-corrected chi connectivity index (χ1v) is 12.1. The minimum absolute atomic E-state index is 0.180. The zero-order chi connectivity index (χ0) is 25.8. The molecule has 3 rings (SSSR count). The molecule has 0 atom stereocenters. The minimum atomic E-state index is -1.06. The number of hydroxylamine groups is 2. The molecule has 0 radical (unpaired) electrons. The predicted octanol–water partition coefficient (Wildman–Crippen LogP) is 5.77. The molecule has 0 heterocycles. The van der Waals surface area contributed by atoms with E-state index in [4.69, 9.17) is 9.84 Å². The summed E-state index contributed by atoms with van der Waals surface area (Å²) >= 11 is 0. The van der Waals surface area contributed by atoms with E-state index in [0.29, 0.717) is 17.2 Å². The van der Waals surface area contributed by atoms with Crippen molar-refractivity contribution in [3.63, 3.8) is 0 Å². The van der Waals surface area contributed by atoms with Crippen LogP contribution in [0.1, 0.15) is 49.7 Å². The van der Waals surface area contributed by atoms with Crippen LogP contribution in [0.2, 0.25) is 0 Å². The Hall–Kier alpha value is -3.91. The molecule has 3 aromatic rings. The van der Waals surface area contributed by atoms with Gasteiger partial charge in [0.05, 0.1) is 12.1 Å². The third-order valence-corrected chi connectivity index (χ3v) is 5.85. The molecule has 36 heavy (non-hydrogen) atoms. The van der Waals surface area contributed by atoms with Crippen LogP contribution in [0, 0.1) is 0 Å². The van der Waals surface area contributed by atoms with Crippen LogP contribution in [-0.4, -0.2) is 39.9 Å². The molecule has 3 aromatic carbocycles. The molecule has 0 aromatic heterocycles. The summed E-state index contributed by atoms with van der Waals surface area (Å²) in [5.74, 6) is -1.62. The van der Waals surface area contributed by atoms with Gasteiger partial charge in [-0.15, -0.1) is 0 Å². The number of hydrogen-bond donors (Lipinski definition) is 3. The van der Waals surface area contributed by atoms with Gasteiger partial charge in [-0.2, -0.15) is 0 Å². The van der Waals surface area contributed by atoms with E-state index in [1.54, 1.807) is 0 Å². The normalized spacial score (nSPS) is 10.7. The number of carbonyl (C=O) groups is 3. The van der Waals surface area contributed by atoms with Gasteiger partial charge < -0.3 is 9.84 Å². The third-order valence-electron chi connectivity index (χ3n) is 5.85. The molecule has 0 saturated carbocycles. The topological polar surface area (TPSA) is 116 Å². The molecule has 0 aliphatic rings. The molecule has 0 bridgehead atoms. The number of unbranched alkanes of at least 4 members (excludes halogenated alkanes) is 3. The monoisotopic (exact) mass is 492 g/mol. The van der Waals surface area contributed by atoms with Crippen molar-refractivity contribution < 1.29 is 29.4 Å². The summed E-state index contributed by atoms with van der Waals surface area (Å²) in [4.78, 5) is 34.3. The lowest BCUT2D eigenvalue weighted by Crippen LogP contribution is -2.28. The zero-order valence-corrected chi connectivity index (χ0v) is 20.2. The van der Waals surface area contributed by atoms with E-state index in [2.05, 4.69) is 5.32 Å². The number of ether oxygens (including phenoxy) is 1. The summed E-state index contributed by atoms with van der Waals surface area (Å²) < 4.78 is 5.38. The van der Waals surface area contributed by atoms with Crippen molar-refractivity contribution in [2.45, 2.75) is 51.6 Å². The highest BCUT2D eigenvalue weighted by atomic mass is 16.5. The van der Waals surface area contributed by atoms with E-state index in [1.807, 2.05) is 66.7 Å². The lowest BCUT2D eigenvalue weighted by molar-refractivity contribution is -0.166. The van der Waals surface area contributed by atoms with Crippen molar-refractivity contribution in [1.29, 1.82) is 0 Å². The van der Waals surface area contributed by atoms with Gasteiger partial charge in [0.15, 0.2) is 0 Å². The molecule has 8 nitrogen and oxygen atoms in total. The molecular formula is C28H32N2O6. The summed E-state index contributed by atoms with van der Waals surface area (Å²) in [7, 11) is 0. The van der Waals surface area contributed by atoms with E-state index in [-0.39, 0.29) is 26.0 Å². The second-order valence-corrected chi connectivity index (χ2v) is 8.62. The van der Waals surface area contributed by atoms with Gasteiger partial charge in [-0.1, -0.05) is 73.5 Å². The Morgan fingerprint density at radius 2 is 1.50 bits per heavy atom. The number of aliphatic carboxylic acids is 1. The number of amides is 2. The molecule has 0 fully saturated rings. The van der Waals surface area contributed by atoms with Gasteiger partial charge in [-0.05, 0) is 41.8 Å². The summed E-state index contributed by atoms with van der Waals surface area (Å²) in [6.45, 7) is 0.390. The molecule has 0 saturated heterocycles. The Bertz CT molecular complexity index is 1160. The molecule has 0 spiro atoms. The van der Waals surface area contributed by atoms with Gasteiger partial charge >= 0.3 is 12.1 Å². The molecule has 0 aliphatic heterocycles. The average Bonchev–Trinajstić information content (AvgIpc) is 2.88. The average molecular weight is 493 g/mol. The number of fused-ring (bicyclic) bond motifs is 1. The van der Waals surface area contributed by atoms with Crippen LogP contribution in [0.3, 0.4) is 0 Å². The first kappa shape index (κ1) is 26.7. The summed E-state index contributed by atoms with van der Waals surface area (Å²) in [6, 6.07) is 21.5. The Balaban J connectivity index is 1.31. The van der Waals surface area contributed by atoms with Crippen LogP contribution in [0.25, 0.3) is 10.8 Å². The predicted molar refractivity (Wildman–Crippen MR) is 137 cm³/mol. The second-order valence-electron chi connectivity index (χ2n) is 8.62. The maximum Gasteiger partial charge on any atom is 0.411 e. The van der Waals surface area contributed by atoms with Crippen molar-refractivity contribution >= 4 is 34.4 Å². The number of benzene rings is 3. The molecule has 0 unspecified atom stereocenters. The Morgan fingerprint density at radius 3 is 2.28 bits per heavy atom. The lowest BCUT2D eigenvalue weighted by Gasteiger charge is -2.14. The molecule has 0 aliphatic carbocycles. The van der Waals surface area contributed by atoms with Gasteiger partial charge in [-0.25, -0.2) is 9.86 Å². The number of nitrogens with zero attached hydrogens (tertiary/aromatic N) is 1. The highest BCUT2D eigenvalue weighted by molar-refractivity contribution is 6.00. The highest BCUT2D eigenvalue weighted by Crippen LogP contribution is 2.23. The number of anilines is 1. The standard InChI is InChI=1S/C28H32N2O6/c31-26(17-18-27(32)33)30(35)19-6-2-1-3-8-21-13-15-22(16-14-21)20-36-28(34)29-25-12-7-10-23-9-4-5-11-24(23)25/h4-5,7,9-16,35H,1-3,6,8,17-20H2,(H,29,34)(H,32,33). The third kappa shape index (κ3) is 8.70. The van der Waals surface area contributed by atoms with Crippen LogP contribution < -0.4 is 5.32 Å². The summed E-state index contributed by atoms with van der Waals surface area (Å²) in [5.41, 5.74) is 2.80. The second kappa shape index (κ2) is 13.8. The van der Waals surface area contributed by atoms with Crippen LogP contribution >= 0.6 is 0 Å². The fourth-order valence-electron chi connectivity index (χ4n) is 3.84. The van der Waals surface area contributed by atoms with Crippen LogP contribution in [0.15, 0.2) is 66.7 Å². The number of carboxylic acid groups (broad SMARTS) is 1. The Kier molecular flexibility index (Phi) is 10.3. The van der Waals surface area contributed by atoms with E-state index in [1.165, 1.54) is 5.56 Å². The summed E-state index contributed by atoms with van der Waals surface area (Å²) in [6.07, 6.45) is 3.38. The van der Waals surface area contributed by atoms with Crippen LogP contribution in [0.4, 0.5) is 10.5 Å². The number of carboxylic acids is 1. The van der Waals surface area contributed by atoms with E-state index >= 15 is 0 Å². The molecular weight excluding hydrogens is 460 g/mol. The lowest BCUT2D eigenvalue weighted by atomic mass is 10.0. The van der Waals surface area contributed by atoms with Crippen molar-refractivity contribution in [3.8, 4) is 0 Å². The molecule has 8 heteroatoms. The van der Waals surface area contributed by atoms with E-state index < -0.39 is 18.0 Å². The Morgan fingerprint density at radius 1 is 0.806 bits per heavy atom. The SMILES string of the molecule is O=C(O)CCC(=O)N(O)CCCCCCc1ccc(COC(=O)Nc2cccc3ccccc23)cc1. The van der Waals surface area contributed by atoms with E-state index in [9.17, 15) is 19.6 Å². The molecule has 2 amide bonds. The van der Waals surface area contributed by atoms with E-state index in [0.717, 1.165) is 42.0 Å². The maximum atomic E-state index is 12.3. The van der Waals surface area contributed by atoms with Crippen molar-refractivity contribution in [1.82, 2.24) is 5.06 Å². The fraction of sp³-hybridized carbons (Fsp3) is 0.321. The van der Waals surface area contributed by atoms with Gasteiger partial charge in [0.25, 0.3) is 0 Å². The first-order valence-electron chi connectivity index (χ1n) is 12.1. The quantitative estimate of drug-likeness (QED) is 0.158. The van der Waals surface area contributed by atoms with Crippen molar-refractivity contribution in [2.75, 3.05) is 11.9 Å². The largest absolute Gasteiger partial charge is 0.481 e. The number of carbonyl (C=O) groups excluding carboxylic acids is 2. The first-order chi connectivity index (χ1) is 17.4. The van der Waals surface area contributed by atoms with Gasteiger partial charge in [0.1, 0.15) is 6.61 Å². The number of nitrogens with one attached hydrogen (secondary N) is 1. The highest BCUT2D eigenvalue weighted by Gasteiger charge is 2.12. The number of hydrogen-bond acceptors (Lipinski definition) is 5. The number of aryl methyl sites for hydroxylation is 1. The van der Waals surface area contributed by atoms with Crippen LogP contribution in [-0.2, 0) is 27.4 Å².